The molecule has 39 heavy (non-hydrogen) atoms. The van der Waals surface area contributed by atoms with Gasteiger partial charge in [-0.3, -0.25) is 19.2 Å². The predicted molar refractivity (Wildman–Crippen MR) is 150 cm³/mol. The Morgan fingerprint density at radius 2 is 1.62 bits per heavy atom. The quantitative estimate of drug-likeness (QED) is 0.113. The number of rotatable bonds is 19. The fourth-order valence-electron chi connectivity index (χ4n) is 4.87. The zero-order valence-corrected chi connectivity index (χ0v) is 23.7. The number of benzene rings is 1. The third kappa shape index (κ3) is 9.85. The Morgan fingerprint density at radius 1 is 0.923 bits per heavy atom. The van der Waals surface area contributed by atoms with Crippen molar-refractivity contribution in [1.82, 2.24) is 10.6 Å². The third-order valence-corrected chi connectivity index (χ3v) is 8.57. The molecule has 1 aromatic rings. The summed E-state index contributed by atoms with van der Waals surface area (Å²) in [6.45, 7) is 4.80. The maximum atomic E-state index is 12.5. The van der Waals surface area contributed by atoms with Gasteiger partial charge in [0, 0.05) is 61.5 Å². The van der Waals surface area contributed by atoms with Gasteiger partial charge in [0.15, 0.2) is 11.6 Å². The smallest absolute Gasteiger partial charge is 0.315 e. The van der Waals surface area contributed by atoms with Gasteiger partial charge >= 0.3 is 6.03 Å². The van der Waals surface area contributed by atoms with Crippen LogP contribution in [-0.2, 0) is 19.1 Å². The van der Waals surface area contributed by atoms with Crippen LogP contribution >= 0.6 is 11.8 Å². The van der Waals surface area contributed by atoms with E-state index in [2.05, 4.69) is 10.6 Å². The van der Waals surface area contributed by atoms with Crippen LogP contribution < -0.4 is 10.6 Å². The Labute approximate surface area is 234 Å². The van der Waals surface area contributed by atoms with Crippen LogP contribution in [-0.4, -0.2) is 78.7 Å². The summed E-state index contributed by atoms with van der Waals surface area (Å²) >= 11 is 1.90. The second-order valence-electron chi connectivity index (χ2n) is 10.2. The summed E-state index contributed by atoms with van der Waals surface area (Å²) in [6, 6.07) is 5.16. The number of nitrogens with one attached hydrogen (secondary N) is 2. The predicted octanol–water partition coefficient (Wildman–Crippen LogP) is 3.84. The minimum atomic E-state index is -0.594. The molecule has 2 fully saturated rings. The van der Waals surface area contributed by atoms with Crippen molar-refractivity contribution < 1.29 is 33.4 Å². The van der Waals surface area contributed by atoms with Crippen LogP contribution in [0.1, 0.15) is 84.6 Å². The largest absolute Gasteiger partial charge is 0.379 e. The molecule has 0 spiro atoms. The number of hydrogen-bond donors (Lipinski definition) is 2. The molecule has 0 radical (unpaired) electrons. The van der Waals surface area contributed by atoms with E-state index >= 15 is 0 Å². The van der Waals surface area contributed by atoms with Gasteiger partial charge in [0.05, 0.1) is 25.3 Å². The van der Waals surface area contributed by atoms with Gasteiger partial charge in [0.25, 0.3) is 0 Å². The lowest BCUT2D eigenvalue weighted by Gasteiger charge is -2.16. The molecular formula is C29H40N2O7S. The number of ketones is 4. The van der Waals surface area contributed by atoms with Crippen LogP contribution in [0.15, 0.2) is 18.2 Å². The van der Waals surface area contributed by atoms with Crippen LogP contribution in [0.3, 0.4) is 0 Å². The Bertz CT molecular complexity index is 1040. The highest BCUT2D eigenvalue weighted by molar-refractivity contribution is 8.00. The molecule has 214 valence electrons. The van der Waals surface area contributed by atoms with E-state index in [1.165, 1.54) is 13.0 Å². The number of aryl methyl sites for hydroxylation is 1. The molecule has 2 heterocycles. The molecule has 10 heteroatoms. The third-order valence-electron chi connectivity index (χ3n) is 7.06. The Hall–Kier alpha value is -2.56. The molecule has 0 bridgehead atoms. The lowest BCUT2D eigenvalue weighted by Crippen LogP contribution is -2.36. The van der Waals surface area contributed by atoms with Crippen molar-refractivity contribution in [1.29, 1.82) is 0 Å². The fourth-order valence-corrected chi connectivity index (χ4v) is 6.41. The number of amides is 2. The number of carbonyl (C=O) groups excluding carboxylic acids is 5. The van der Waals surface area contributed by atoms with E-state index < -0.39 is 11.6 Å². The number of Topliss-reactive ketones (excluding diaryl/α,β-unsaturated/α-hetero) is 4. The number of carbonyl (C=O) groups is 5. The first kappa shape index (κ1) is 31.0. The average molecular weight is 561 g/mol. The summed E-state index contributed by atoms with van der Waals surface area (Å²) in [7, 11) is 0. The van der Waals surface area contributed by atoms with E-state index in [1.807, 2.05) is 11.8 Å². The minimum absolute atomic E-state index is 0.0629. The maximum Gasteiger partial charge on any atom is 0.315 e. The van der Waals surface area contributed by atoms with Crippen molar-refractivity contribution in [3.05, 3.63) is 34.9 Å². The fraction of sp³-hybridized carbons (Fsp3) is 0.621. The maximum absolute atomic E-state index is 12.5. The molecule has 2 saturated heterocycles. The minimum Gasteiger partial charge on any atom is -0.379 e. The number of hydrogen-bond acceptors (Lipinski definition) is 8. The van der Waals surface area contributed by atoms with Gasteiger partial charge in [0.2, 0.25) is 5.78 Å². The Kier molecular flexibility index (Phi) is 12.6. The van der Waals surface area contributed by atoms with Crippen molar-refractivity contribution in [2.75, 3.05) is 32.2 Å². The van der Waals surface area contributed by atoms with Crippen LogP contribution in [0.25, 0.3) is 0 Å². The highest BCUT2D eigenvalue weighted by Crippen LogP contribution is 2.33. The van der Waals surface area contributed by atoms with Crippen molar-refractivity contribution in [3.63, 3.8) is 0 Å². The van der Waals surface area contributed by atoms with Crippen LogP contribution in [0, 0.1) is 6.92 Å². The summed E-state index contributed by atoms with van der Waals surface area (Å²) < 4.78 is 11.1. The van der Waals surface area contributed by atoms with Crippen LogP contribution in [0.4, 0.5) is 4.79 Å². The Balaban J connectivity index is 1.15. The van der Waals surface area contributed by atoms with Gasteiger partial charge in [-0.15, -0.1) is 0 Å². The summed E-state index contributed by atoms with van der Waals surface area (Å²) in [5, 5.41) is 6.39. The van der Waals surface area contributed by atoms with Gasteiger partial charge in [-0.2, -0.15) is 11.8 Å². The normalized spacial score (nSPS) is 19.8. The van der Waals surface area contributed by atoms with Gasteiger partial charge in [-0.05, 0) is 44.2 Å². The van der Waals surface area contributed by atoms with E-state index in [-0.39, 0.29) is 41.7 Å². The van der Waals surface area contributed by atoms with Gasteiger partial charge in [-0.25, -0.2) is 4.79 Å². The molecule has 2 aliphatic rings. The van der Waals surface area contributed by atoms with Crippen molar-refractivity contribution in [2.45, 2.75) is 82.5 Å². The average Bonchev–Trinajstić information content (AvgIpc) is 3.46. The van der Waals surface area contributed by atoms with Crippen LogP contribution in [0.2, 0.25) is 0 Å². The van der Waals surface area contributed by atoms with Crippen LogP contribution in [0.5, 0.6) is 0 Å². The lowest BCUT2D eigenvalue weighted by molar-refractivity contribution is -0.119. The van der Waals surface area contributed by atoms with E-state index in [0.29, 0.717) is 62.9 Å². The first-order valence-corrected chi connectivity index (χ1v) is 14.9. The number of ether oxygens (including phenoxy) is 2. The molecule has 0 aliphatic carbocycles. The summed E-state index contributed by atoms with van der Waals surface area (Å²) in [6.07, 6.45) is 5.53. The molecular weight excluding hydrogens is 520 g/mol. The molecule has 2 amide bonds. The van der Waals surface area contributed by atoms with Crippen molar-refractivity contribution in [2.24, 2.45) is 0 Å². The molecule has 2 N–H and O–H groups in total. The molecule has 3 atom stereocenters. The molecule has 0 aromatic heterocycles. The topological polar surface area (TPSA) is 128 Å². The standard InChI is InChI=1S/C29H40N2O7S/c1-19-11-12-21(28(35)20(2)32)17-23(19)25(34)9-6-14-38-16-15-37-13-5-8-22(33)7-3-4-10-26-27-24(18-39-26)30-29(36)31-27/h11-12,17,24,26-27H,3-10,13-16,18H2,1-2H3,(H2,30,31,36). The Morgan fingerprint density at radius 3 is 2.33 bits per heavy atom. The molecule has 0 saturated carbocycles. The second-order valence-corrected chi connectivity index (χ2v) is 11.4. The van der Waals surface area contributed by atoms with E-state index in [4.69, 9.17) is 9.47 Å². The lowest BCUT2D eigenvalue weighted by atomic mass is 9.96. The van der Waals surface area contributed by atoms with Gasteiger partial charge in [0.1, 0.15) is 5.78 Å². The summed E-state index contributed by atoms with van der Waals surface area (Å²) in [5.74, 6) is -0.00776. The molecule has 2 aliphatic heterocycles. The molecule has 9 nitrogen and oxygen atoms in total. The molecule has 1 aromatic carbocycles. The second kappa shape index (κ2) is 15.9. The number of thioether (sulfide) groups is 1. The van der Waals surface area contributed by atoms with Crippen molar-refractivity contribution in [3.8, 4) is 0 Å². The SMILES string of the molecule is CC(=O)C(=O)c1ccc(C)c(C(=O)CCCOCCOCCCC(=O)CCCCC2SCC3NC(=O)NC32)c1. The zero-order valence-electron chi connectivity index (χ0n) is 22.9. The zero-order chi connectivity index (χ0) is 28.2. The first-order chi connectivity index (χ1) is 18.8. The highest BCUT2D eigenvalue weighted by atomic mass is 32.2. The van der Waals surface area contributed by atoms with E-state index in [1.54, 1.807) is 19.1 Å². The van der Waals surface area contributed by atoms with Crippen molar-refractivity contribution >= 4 is 40.9 Å². The number of urea groups is 1. The number of fused-ring (bicyclic) bond motifs is 1. The molecule has 3 unspecified atom stereocenters. The van der Waals surface area contributed by atoms with E-state index in [9.17, 15) is 24.0 Å². The van der Waals surface area contributed by atoms with E-state index in [0.717, 1.165) is 30.6 Å². The summed E-state index contributed by atoms with van der Waals surface area (Å²) in [4.78, 5) is 59.3. The monoisotopic (exact) mass is 560 g/mol. The van der Waals surface area contributed by atoms with Gasteiger partial charge in [-0.1, -0.05) is 18.6 Å². The van der Waals surface area contributed by atoms with Gasteiger partial charge < -0.3 is 20.1 Å². The summed E-state index contributed by atoms with van der Waals surface area (Å²) in [5.41, 5.74) is 1.47. The number of unbranched alkanes of at least 4 members (excludes halogenated alkanes) is 1. The highest BCUT2D eigenvalue weighted by Gasteiger charge is 2.42. The first-order valence-electron chi connectivity index (χ1n) is 13.8. The molecule has 3 rings (SSSR count).